The molecule has 0 radical (unpaired) electrons. The summed E-state index contributed by atoms with van der Waals surface area (Å²) in [7, 11) is 1.71. The highest BCUT2D eigenvalue weighted by Crippen LogP contribution is 2.48. The van der Waals surface area contributed by atoms with Gasteiger partial charge in [0.05, 0.1) is 25.3 Å². The van der Waals surface area contributed by atoms with Crippen LogP contribution in [0.25, 0.3) is 10.9 Å². The first kappa shape index (κ1) is 19.7. The number of nitrogens with one attached hydrogen (secondary N) is 1. The molecule has 5 nitrogen and oxygen atoms in total. The maximum absolute atomic E-state index is 13.0. The Bertz CT molecular complexity index is 1160. The molecule has 2 aromatic carbocycles. The molecule has 5 heteroatoms. The second kappa shape index (κ2) is 7.80. The fourth-order valence-electron chi connectivity index (χ4n) is 5.35. The van der Waals surface area contributed by atoms with Crippen molar-refractivity contribution in [1.82, 2.24) is 9.88 Å². The number of carbonyl (C=O) groups excluding carboxylic acids is 1. The van der Waals surface area contributed by atoms with Crippen LogP contribution in [0.1, 0.15) is 49.0 Å². The predicted molar refractivity (Wildman–Crippen MR) is 121 cm³/mol. The average Bonchev–Trinajstić information content (AvgIpc) is 3.17. The lowest BCUT2D eigenvalue weighted by Crippen LogP contribution is -2.40. The molecule has 0 unspecified atom stereocenters. The number of benzene rings is 2. The van der Waals surface area contributed by atoms with Crippen LogP contribution >= 0.6 is 0 Å². The standard InChI is InChI=1S/C26H28N2O3/c1-4-31-26(29)24-16(2)28-13-12-19-21-14-18(30-3)10-11-22(21)27-25(19)23(28)15-20(24)17-8-6-5-7-9-17/h5-11,14,20,23,27H,4,12-13,15H2,1-3H3/t20-,23-/m0/s1. The minimum atomic E-state index is -0.195. The molecule has 160 valence electrons. The molecule has 2 aliphatic heterocycles. The van der Waals surface area contributed by atoms with Gasteiger partial charge in [0.1, 0.15) is 5.75 Å². The van der Waals surface area contributed by atoms with Crippen LogP contribution < -0.4 is 4.74 Å². The van der Waals surface area contributed by atoms with Crippen molar-refractivity contribution in [3.8, 4) is 5.75 Å². The number of methoxy groups -OCH3 is 1. The molecular weight excluding hydrogens is 388 g/mol. The van der Waals surface area contributed by atoms with Gasteiger partial charge < -0.3 is 19.4 Å². The Morgan fingerprint density at radius 2 is 2.00 bits per heavy atom. The van der Waals surface area contributed by atoms with Crippen LogP contribution in [-0.2, 0) is 16.0 Å². The number of allylic oxidation sites excluding steroid dienone is 1. The van der Waals surface area contributed by atoms with Gasteiger partial charge >= 0.3 is 5.97 Å². The van der Waals surface area contributed by atoms with Crippen molar-refractivity contribution < 1.29 is 14.3 Å². The van der Waals surface area contributed by atoms with Gasteiger partial charge in [0.2, 0.25) is 0 Å². The molecule has 5 rings (SSSR count). The van der Waals surface area contributed by atoms with E-state index >= 15 is 0 Å². The van der Waals surface area contributed by atoms with E-state index in [2.05, 4.69) is 41.1 Å². The van der Waals surface area contributed by atoms with Crippen molar-refractivity contribution >= 4 is 16.9 Å². The summed E-state index contributed by atoms with van der Waals surface area (Å²) in [5, 5.41) is 1.24. The molecule has 1 aromatic heterocycles. The van der Waals surface area contributed by atoms with Gasteiger partial charge in [-0.25, -0.2) is 4.79 Å². The molecule has 0 saturated heterocycles. The van der Waals surface area contributed by atoms with Gasteiger partial charge in [-0.05, 0) is 56.0 Å². The van der Waals surface area contributed by atoms with E-state index in [1.165, 1.54) is 16.6 Å². The monoisotopic (exact) mass is 416 g/mol. The third-order valence-electron chi connectivity index (χ3n) is 6.78. The first-order valence-corrected chi connectivity index (χ1v) is 11.0. The van der Waals surface area contributed by atoms with Crippen molar-refractivity contribution in [3.05, 3.63) is 76.6 Å². The Hall–Kier alpha value is -3.21. The number of ether oxygens (including phenoxy) is 2. The van der Waals surface area contributed by atoms with E-state index in [9.17, 15) is 4.79 Å². The van der Waals surface area contributed by atoms with E-state index in [1.54, 1.807) is 7.11 Å². The summed E-state index contributed by atoms with van der Waals surface area (Å²) in [6.07, 6.45) is 1.77. The van der Waals surface area contributed by atoms with E-state index in [-0.39, 0.29) is 17.9 Å². The zero-order chi connectivity index (χ0) is 21.5. The summed E-state index contributed by atoms with van der Waals surface area (Å²) in [6, 6.07) is 16.8. The molecule has 3 heterocycles. The fourth-order valence-corrected chi connectivity index (χ4v) is 5.35. The summed E-state index contributed by atoms with van der Waals surface area (Å²) in [5.74, 6) is 0.691. The number of nitrogens with zero attached hydrogens (tertiary/aromatic N) is 1. The summed E-state index contributed by atoms with van der Waals surface area (Å²) in [5.41, 5.74) is 6.76. The third kappa shape index (κ3) is 3.19. The minimum Gasteiger partial charge on any atom is -0.497 e. The van der Waals surface area contributed by atoms with Gasteiger partial charge in [-0.3, -0.25) is 0 Å². The van der Waals surface area contributed by atoms with Gasteiger partial charge in [0.15, 0.2) is 0 Å². The SMILES string of the molecule is CCOC(=O)C1=C(C)N2CCc3c([nH]c4ccc(OC)cc34)[C@@H]2C[C@H]1c1ccccc1. The Balaban J connectivity index is 1.64. The lowest BCUT2D eigenvalue weighted by Gasteiger charge is -2.45. The summed E-state index contributed by atoms with van der Waals surface area (Å²) in [6.45, 7) is 5.21. The summed E-state index contributed by atoms with van der Waals surface area (Å²) >= 11 is 0. The number of hydrogen-bond donors (Lipinski definition) is 1. The fraction of sp³-hybridized carbons (Fsp3) is 0.346. The first-order valence-electron chi connectivity index (χ1n) is 11.0. The van der Waals surface area contributed by atoms with Crippen LogP contribution in [0.3, 0.4) is 0 Å². The number of aromatic nitrogens is 1. The maximum Gasteiger partial charge on any atom is 0.336 e. The molecule has 2 aliphatic rings. The molecule has 0 spiro atoms. The highest BCUT2D eigenvalue weighted by molar-refractivity contribution is 5.92. The zero-order valence-corrected chi connectivity index (χ0v) is 18.3. The zero-order valence-electron chi connectivity index (χ0n) is 18.3. The number of rotatable bonds is 4. The van der Waals surface area contributed by atoms with E-state index in [1.807, 2.05) is 31.2 Å². The van der Waals surface area contributed by atoms with Gasteiger partial charge in [-0.1, -0.05) is 30.3 Å². The topological polar surface area (TPSA) is 54.6 Å². The third-order valence-corrected chi connectivity index (χ3v) is 6.78. The van der Waals surface area contributed by atoms with Crippen LogP contribution in [0.4, 0.5) is 0 Å². The second-order valence-electron chi connectivity index (χ2n) is 8.31. The van der Waals surface area contributed by atoms with Crippen molar-refractivity contribution in [3.63, 3.8) is 0 Å². The molecule has 0 aliphatic carbocycles. The number of carbonyl (C=O) groups is 1. The Labute approximate surface area is 182 Å². The van der Waals surface area contributed by atoms with E-state index in [0.29, 0.717) is 6.61 Å². The summed E-state index contributed by atoms with van der Waals surface area (Å²) in [4.78, 5) is 19.1. The van der Waals surface area contributed by atoms with Crippen molar-refractivity contribution in [2.24, 2.45) is 0 Å². The van der Waals surface area contributed by atoms with E-state index in [0.717, 1.165) is 47.5 Å². The lowest BCUT2D eigenvalue weighted by atomic mass is 9.78. The smallest absolute Gasteiger partial charge is 0.336 e. The molecule has 0 saturated carbocycles. The number of fused-ring (bicyclic) bond motifs is 5. The highest BCUT2D eigenvalue weighted by Gasteiger charge is 2.41. The summed E-state index contributed by atoms with van der Waals surface area (Å²) < 4.78 is 10.9. The lowest BCUT2D eigenvalue weighted by molar-refractivity contribution is -0.139. The van der Waals surface area contributed by atoms with Crippen molar-refractivity contribution in [1.29, 1.82) is 0 Å². The normalized spacial score (nSPS) is 20.4. The predicted octanol–water partition coefficient (Wildman–Crippen LogP) is 5.10. The number of H-pyrrole nitrogens is 1. The Morgan fingerprint density at radius 3 is 2.74 bits per heavy atom. The minimum absolute atomic E-state index is 0.00778. The van der Waals surface area contributed by atoms with E-state index in [4.69, 9.17) is 9.47 Å². The van der Waals surface area contributed by atoms with Crippen LogP contribution in [0.15, 0.2) is 59.8 Å². The first-order chi connectivity index (χ1) is 15.1. The van der Waals surface area contributed by atoms with E-state index < -0.39 is 0 Å². The van der Waals surface area contributed by atoms with Crippen molar-refractivity contribution in [2.45, 2.75) is 38.6 Å². The molecule has 0 fully saturated rings. The van der Waals surface area contributed by atoms with Crippen LogP contribution in [0, 0.1) is 0 Å². The van der Waals surface area contributed by atoms with Gasteiger partial charge in [0, 0.05) is 34.8 Å². The molecule has 3 aromatic rings. The molecule has 1 N–H and O–H groups in total. The molecule has 0 bridgehead atoms. The molecule has 31 heavy (non-hydrogen) atoms. The van der Waals surface area contributed by atoms with Crippen LogP contribution in [0.2, 0.25) is 0 Å². The molecule has 2 atom stereocenters. The second-order valence-corrected chi connectivity index (χ2v) is 8.31. The Kier molecular flexibility index (Phi) is 4.97. The quantitative estimate of drug-likeness (QED) is 0.601. The van der Waals surface area contributed by atoms with Gasteiger partial charge in [0.25, 0.3) is 0 Å². The largest absolute Gasteiger partial charge is 0.497 e. The Morgan fingerprint density at radius 1 is 1.19 bits per heavy atom. The van der Waals surface area contributed by atoms with Crippen molar-refractivity contribution in [2.75, 3.05) is 20.3 Å². The average molecular weight is 417 g/mol. The van der Waals surface area contributed by atoms with Crippen LogP contribution in [0.5, 0.6) is 5.75 Å². The number of hydrogen-bond acceptors (Lipinski definition) is 4. The van der Waals surface area contributed by atoms with Gasteiger partial charge in [-0.2, -0.15) is 0 Å². The highest BCUT2D eigenvalue weighted by atomic mass is 16.5. The van der Waals surface area contributed by atoms with Crippen LogP contribution in [-0.4, -0.2) is 36.1 Å². The van der Waals surface area contributed by atoms with Gasteiger partial charge in [-0.15, -0.1) is 0 Å². The molecular formula is C26H28N2O3. The maximum atomic E-state index is 13.0. The number of esters is 1. The molecule has 0 amide bonds. The number of aromatic amines is 1.